The lowest BCUT2D eigenvalue weighted by molar-refractivity contribution is 0.352. The topological polar surface area (TPSA) is 132 Å². The molecule has 1 aliphatic rings. The van der Waals surface area contributed by atoms with Crippen LogP contribution in [0.1, 0.15) is 44.5 Å². The minimum Gasteiger partial charge on any atom is -0.478 e. The third kappa shape index (κ3) is 6.57. The minimum absolute atomic E-state index is 0.125. The van der Waals surface area contributed by atoms with Crippen LogP contribution in [-0.4, -0.2) is 26.4 Å². The molecule has 0 radical (unpaired) electrons. The van der Waals surface area contributed by atoms with Gasteiger partial charge in [0, 0.05) is 25.7 Å². The molecular weight excluding hydrogens is 552 g/mol. The lowest BCUT2D eigenvalue weighted by Crippen LogP contribution is -2.09. The second kappa shape index (κ2) is 14.3. The molecule has 1 aliphatic carbocycles. The Bertz CT molecular complexity index is 1490. The van der Waals surface area contributed by atoms with Crippen LogP contribution >= 0.6 is 0 Å². The molecular formula is C36H28N4O4. The summed E-state index contributed by atoms with van der Waals surface area (Å²) >= 11 is 0. The first-order valence-electron chi connectivity index (χ1n) is 14.1. The Labute approximate surface area is 256 Å². The van der Waals surface area contributed by atoms with Crippen LogP contribution in [0.5, 0.6) is 23.0 Å². The smallest absolute Gasteiger partial charge is 0.174 e. The molecule has 0 heterocycles. The van der Waals surface area contributed by atoms with E-state index in [2.05, 4.69) is 24.3 Å². The molecule has 0 unspecified atom stereocenters. The molecule has 0 spiro atoms. The van der Waals surface area contributed by atoms with Crippen LogP contribution in [0.2, 0.25) is 0 Å². The van der Waals surface area contributed by atoms with Gasteiger partial charge in [-0.2, -0.15) is 21.0 Å². The molecule has 0 atom stereocenters. The van der Waals surface area contributed by atoms with Gasteiger partial charge in [0.15, 0.2) is 26.4 Å². The Balaban J connectivity index is 1.76. The second-order valence-corrected chi connectivity index (χ2v) is 10.1. The highest BCUT2D eigenvalue weighted by molar-refractivity contribution is 5.56. The summed E-state index contributed by atoms with van der Waals surface area (Å²) in [5, 5.41) is 37.5. The fourth-order valence-corrected chi connectivity index (χ4v) is 5.65. The first-order valence-corrected chi connectivity index (χ1v) is 14.1. The minimum atomic E-state index is -0.125. The zero-order valence-corrected chi connectivity index (χ0v) is 24.0. The molecule has 216 valence electrons. The summed E-state index contributed by atoms with van der Waals surface area (Å²) < 4.78 is 24.2. The van der Waals surface area contributed by atoms with Crippen molar-refractivity contribution < 1.29 is 18.9 Å². The average molecular weight is 581 g/mol. The van der Waals surface area contributed by atoms with Crippen molar-refractivity contribution >= 4 is 0 Å². The molecule has 0 fully saturated rings. The molecule has 44 heavy (non-hydrogen) atoms. The van der Waals surface area contributed by atoms with E-state index < -0.39 is 0 Å². The molecule has 5 rings (SSSR count). The second-order valence-electron chi connectivity index (χ2n) is 10.1. The Hall–Kier alpha value is -5.96. The molecule has 0 amide bonds. The van der Waals surface area contributed by atoms with E-state index in [-0.39, 0.29) is 26.4 Å². The van der Waals surface area contributed by atoms with Gasteiger partial charge in [0.1, 0.15) is 47.3 Å². The number of hydrogen-bond donors (Lipinski definition) is 0. The third-order valence-corrected chi connectivity index (χ3v) is 7.36. The van der Waals surface area contributed by atoms with Gasteiger partial charge in [0.05, 0.1) is 0 Å². The van der Waals surface area contributed by atoms with Crippen molar-refractivity contribution in [2.75, 3.05) is 26.4 Å². The maximum atomic E-state index is 9.38. The van der Waals surface area contributed by atoms with Crippen LogP contribution in [0.25, 0.3) is 0 Å². The van der Waals surface area contributed by atoms with Crippen molar-refractivity contribution in [2.24, 2.45) is 0 Å². The molecule has 8 heteroatoms. The van der Waals surface area contributed by atoms with E-state index in [1.165, 1.54) is 0 Å². The lowest BCUT2D eigenvalue weighted by atomic mass is 9.91. The number of nitrogens with zero attached hydrogens (tertiary/aromatic N) is 4. The predicted octanol–water partition coefficient (Wildman–Crippen LogP) is 5.97. The Morgan fingerprint density at radius 3 is 0.705 bits per heavy atom. The molecule has 0 aliphatic heterocycles. The van der Waals surface area contributed by atoms with E-state index in [9.17, 15) is 21.0 Å². The molecule has 8 bridgehead atoms. The molecule has 0 saturated carbocycles. The Morgan fingerprint density at radius 2 is 0.545 bits per heavy atom. The third-order valence-electron chi connectivity index (χ3n) is 7.36. The van der Waals surface area contributed by atoms with Gasteiger partial charge in [-0.3, -0.25) is 0 Å². The highest BCUT2D eigenvalue weighted by atomic mass is 16.5. The zero-order chi connectivity index (χ0) is 30.7. The maximum absolute atomic E-state index is 9.38. The summed E-state index contributed by atoms with van der Waals surface area (Å²) in [6.45, 7) is -0.501. The van der Waals surface area contributed by atoms with Gasteiger partial charge < -0.3 is 18.9 Å². The molecule has 4 aromatic carbocycles. The standard InChI is InChI=1S/C36H28N4O4/c37-13-17-41-33-25-5-1-6-26(33)22-28-8-3-10-30(35(28)43-19-15-39)24-32-12-4-11-31(36(32)44-20-16-40)23-29-9-2-7-27(21-25)34(29)42-18-14-38/h1-12H,17-24H2. The number of nitriles is 4. The van der Waals surface area contributed by atoms with Crippen LogP contribution in [0.4, 0.5) is 0 Å². The summed E-state index contributed by atoms with van der Waals surface area (Å²) in [4.78, 5) is 0. The van der Waals surface area contributed by atoms with Crippen LogP contribution in [0.3, 0.4) is 0 Å². The van der Waals surface area contributed by atoms with Crippen molar-refractivity contribution in [1.29, 1.82) is 21.0 Å². The van der Waals surface area contributed by atoms with Crippen LogP contribution < -0.4 is 18.9 Å². The number of hydrogen-bond acceptors (Lipinski definition) is 8. The summed E-state index contributed by atoms with van der Waals surface area (Å²) in [6, 6.07) is 31.8. The predicted molar refractivity (Wildman–Crippen MR) is 161 cm³/mol. The van der Waals surface area contributed by atoms with Crippen molar-refractivity contribution in [3.05, 3.63) is 117 Å². The zero-order valence-electron chi connectivity index (χ0n) is 24.0. The van der Waals surface area contributed by atoms with E-state index in [1.807, 2.05) is 72.8 Å². The summed E-state index contributed by atoms with van der Waals surface area (Å²) in [5.74, 6) is 2.41. The molecule has 0 aromatic heterocycles. The lowest BCUT2D eigenvalue weighted by Gasteiger charge is -2.21. The molecule has 4 aromatic rings. The van der Waals surface area contributed by atoms with E-state index in [0.29, 0.717) is 48.7 Å². The fourth-order valence-electron chi connectivity index (χ4n) is 5.65. The average Bonchev–Trinajstić information content (AvgIpc) is 3.03. The number of ether oxygens (including phenoxy) is 4. The van der Waals surface area contributed by atoms with Crippen molar-refractivity contribution in [3.63, 3.8) is 0 Å². The highest BCUT2D eigenvalue weighted by Gasteiger charge is 2.21. The van der Waals surface area contributed by atoms with Crippen molar-refractivity contribution in [3.8, 4) is 47.3 Å². The molecule has 8 nitrogen and oxygen atoms in total. The largest absolute Gasteiger partial charge is 0.478 e. The highest BCUT2D eigenvalue weighted by Crippen LogP contribution is 2.38. The first kappa shape index (κ1) is 29.5. The van der Waals surface area contributed by atoms with E-state index in [1.54, 1.807) is 0 Å². The Kier molecular flexibility index (Phi) is 9.58. The van der Waals surface area contributed by atoms with Crippen molar-refractivity contribution in [1.82, 2.24) is 0 Å². The quantitative estimate of drug-likeness (QED) is 0.219. The van der Waals surface area contributed by atoms with Gasteiger partial charge >= 0.3 is 0 Å². The number of para-hydroxylation sites is 4. The van der Waals surface area contributed by atoms with Crippen LogP contribution in [-0.2, 0) is 25.7 Å². The molecule has 0 N–H and O–H groups in total. The van der Waals surface area contributed by atoms with Crippen LogP contribution in [0, 0.1) is 45.3 Å². The van der Waals surface area contributed by atoms with Gasteiger partial charge in [-0.25, -0.2) is 0 Å². The van der Waals surface area contributed by atoms with Gasteiger partial charge in [0.2, 0.25) is 0 Å². The van der Waals surface area contributed by atoms with Gasteiger partial charge in [0.25, 0.3) is 0 Å². The molecule has 0 saturated heterocycles. The van der Waals surface area contributed by atoms with E-state index >= 15 is 0 Å². The van der Waals surface area contributed by atoms with E-state index in [0.717, 1.165) is 44.5 Å². The number of benzene rings is 4. The summed E-state index contributed by atoms with van der Waals surface area (Å²) in [5.41, 5.74) is 6.89. The van der Waals surface area contributed by atoms with E-state index in [4.69, 9.17) is 18.9 Å². The summed E-state index contributed by atoms with van der Waals surface area (Å²) in [6.07, 6.45) is 1.72. The number of rotatable bonds is 8. The fraction of sp³-hybridized carbons (Fsp3) is 0.222. The Morgan fingerprint density at radius 1 is 0.364 bits per heavy atom. The van der Waals surface area contributed by atoms with Gasteiger partial charge in [-0.15, -0.1) is 0 Å². The first-order chi connectivity index (χ1) is 21.7. The SMILES string of the molecule is N#CCOc1c2cccc1Cc1cccc(c1OCC#N)Cc1cccc(c1OCC#N)Cc1cccc(c1OCC#N)C2. The van der Waals surface area contributed by atoms with Gasteiger partial charge in [-0.1, -0.05) is 72.8 Å². The van der Waals surface area contributed by atoms with Gasteiger partial charge in [-0.05, 0) is 44.5 Å². The normalized spacial score (nSPS) is 11.5. The summed E-state index contributed by atoms with van der Waals surface area (Å²) in [7, 11) is 0. The monoisotopic (exact) mass is 580 g/mol. The van der Waals surface area contributed by atoms with Crippen LogP contribution in [0.15, 0.2) is 72.8 Å². The van der Waals surface area contributed by atoms with Crippen molar-refractivity contribution in [2.45, 2.75) is 25.7 Å². The maximum Gasteiger partial charge on any atom is 0.174 e. The number of fused-ring (bicyclic) bond motifs is 8.